The number of hydrogen-bond acceptors (Lipinski definition) is 4. The molecule has 0 unspecified atom stereocenters. The monoisotopic (exact) mass is 378 g/mol. The van der Waals surface area contributed by atoms with Gasteiger partial charge in [0.1, 0.15) is 0 Å². The Bertz CT molecular complexity index is 996. The van der Waals surface area contributed by atoms with Crippen LogP contribution >= 0.6 is 0 Å². The maximum absolute atomic E-state index is 12.7. The molecule has 7 nitrogen and oxygen atoms in total. The molecular formula is C21H22N4O3. The SMILES string of the molecule is CCOC(=O)Nc1cccc(C(=O)Nc2c(C)nn(-c3ccccc3)c2C)c1. The van der Waals surface area contributed by atoms with Crippen molar-refractivity contribution in [2.24, 2.45) is 0 Å². The van der Waals surface area contributed by atoms with Crippen LogP contribution in [0.4, 0.5) is 16.2 Å². The van der Waals surface area contributed by atoms with Crippen LogP contribution in [0.1, 0.15) is 28.7 Å². The van der Waals surface area contributed by atoms with Gasteiger partial charge in [0, 0.05) is 11.3 Å². The Morgan fingerprint density at radius 1 is 1.04 bits per heavy atom. The van der Waals surface area contributed by atoms with Crippen LogP contribution in [-0.4, -0.2) is 28.4 Å². The average Bonchev–Trinajstić information content (AvgIpc) is 2.97. The predicted octanol–water partition coefficient (Wildman–Crippen LogP) is 4.31. The van der Waals surface area contributed by atoms with Gasteiger partial charge in [-0.15, -0.1) is 0 Å². The molecule has 144 valence electrons. The van der Waals surface area contributed by atoms with Gasteiger partial charge < -0.3 is 10.1 Å². The molecule has 0 saturated heterocycles. The van der Waals surface area contributed by atoms with Crippen LogP contribution in [0.2, 0.25) is 0 Å². The van der Waals surface area contributed by atoms with Gasteiger partial charge in [0.15, 0.2) is 0 Å². The van der Waals surface area contributed by atoms with Crippen molar-refractivity contribution >= 4 is 23.4 Å². The lowest BCUT2D eigenvalue weighted by Gasteiger charge is -2.09. The molecule has 0 atom stereocenters. The fourth-order valence-corrected chi connectivity index (χ4v) is 2.85. The number of rotatable bonds is 5. The number of nitrogens with one attached hydrogen (secondary N) is 2. The van der Waals surface area contributed by atoms with Crippen molar-refractivity contribution in [2.75, 3.05) is 17.2 Å². The van der Waals surface area contributed by atoms with Gasteiger partial charge in [-0.05, 0) is 51.1 Å². The zero-order valence-electron chi connectivity index (χ0n) is 16.0. The van der Waals surface area contributed by atoms with Crippen LogP contribution in [-0.2, 0) is 4.74 Å². The summed E-state index contributed by atoms with van der Waals surface area (Å²) in [5, 5.41) is 10.1. The summed E-state index contributed by atoms with van der Waals surface area (Å²) >= 11 is 0. The van der Waals surface area contributed by atoms with Gasteiger partial charge in [-0.2, -0.15) is 5.10 Å². The Kier molecular flexibility index (Phi) is 5.74. The molecule has 1 heterocycles. The second-order valence-corrected chi connectivity index (χ2v) is 6.17. The summed E-state index contributed by atoms with van der Waals surface area (Å²) in [5.74, 6) is -0.286. The molecule has 0 fully saturated rings. The number of benzene rings is 2. The number of carbonyl (C=O) groups is 2. The van der Waals surface area contributed by atoms with Crippen LogP contribution in [0.15, 0.2) is 54.6 Å². The summed E-state index contributed by atoms with van der Waals surface area (Å²) in [6.45, 7) is 5.75. The van der Waals surface area contributed by atoms with Gasteiger partial charge in [-0.1, -0.05) is 24.3 Å². The fourth-order valence-electron chi connectivity index (χ4n) is 2.85. The minimum atomic E-state index is -0.559. The highest BCUT2D eigenvalue weighted by Crippen LogP contribution is 2.23. The van der Waals surface area contributed by atoms with Crippen molar-refractivity contribution in [2.45, 2.75) is 20.8 Å². The van der Waals surface area contributed by atoms with Gasteiger partial charge in [-0.25, -0.2) is 9.48 Å². The topological polar surface area (TPSA) is 85.2 Å². The summed E-state index contributed by atoms with van der Waals surface area (Å²) in [7, 11) is 0. The van der Waals surface area contributed by atoms with Crippen molar-refractivity contribution in [1.29, 1.82) is 0 Å². The molecule has 0 saturated carbocycles. The van der Waals surface area contributed by atoms with E-state index in [9.17, 15) is 9.59 Å². The van der Waals surface area contributed by atoms with Crippen molar-refractivity contribution in [3.8, 4) is 5.69 Å². The zero-order valence-corrected chi connectivity index (χ0v) is 16.0. The third kappa shape index (κ3) is 4.20. The van der Waals surface area contributed by atoms with E-state index in [1.165, 1.54) is 0 Å². The first kappa shape index (κ1) is 19.2. The lowest BCUT2D eigenvalue weighted by Crippen LogP contribution is -2.16. The summed E-state index contributed by atoms with van der Waals surface area (Å²) in [5.41, 5.74) is 4.04. The summed E-state index contributed by atoms with van der Waals surface area (Å²) in [6.07, 6.45) is -0.559. The first-order chi connectivity index (χ1) is 13.5. The Morgan fingerprint density at radius 3 is 2.50 bits per heavy atom. The highest BCUT2D eigenvalue weighted by atomic mass is 16.5. The molecular weight excluding hydrogens is 356 g/mol. The summed E-state index contributed by atoms with van der Waals surface area (Å²) < 4.78 is 6.65. The molecule has 1 aromatic heterocycles. The number of para-hydroxylation sites is 1. The Morgan fingerprint density at radius 2 is 1.79 bits per heavy atom. The zero-order chi connectivity index (χ0) is 20.1. The fraction of sp³-hybridized carbons (Fsp3) is 0.190. The quantitative estimate of drug-likeness (QED) is 0.693. The Labute approximate surface area is 163 Å². The number of ether oxygens (including phenoxy) is 1. The van der Waals surface area contributed by atoms with E-state index >= 15 is 0 Å². The highest BCUT2D eigenvalue weighted by molar-refractivity contribution is 6.05. The second-order valence-electron chi connectivity index (χ2n) is 6.17. The van der Waals surface area contributed by atoms with E-state index in [4.69, 9.17) is 4.74 Å². The van der Waals surface area contributed by atoms with E-state index in [1.54, 1.807) is 35.9 Å². The van der Waals surface area contributed by atoms with E-state index in [0.717, 1.165) is 17.1 Å². The van der Waals surface area contributed by atoms with Crippen LogP contribution < -0.4 is 10.6 Å². The average molecular weight is 378 g/mol. The van der Waals surface area contributed by atoms with E-state index in [2.05, 4.69) is 15.7 Å². The normalized spacial score (nSPS) is 10.4. The minimum absolute atomic E-state index is 0.274. The van der Waals surface area contributed by atoms with Gasteiger partial charge in [0.05, 0.1) is 29.4 Å². The molecule has 0 aliphatic heterocycles. The van der Waals surface area contributed by atoms with Crippen molar-refractivity contribution in [3.63, 3.8) is 0 Å². The van der Waals surface area contributed by atoms with E-state index < -0.39 is 6.09 Å². The lowest BCUT2D eigenvalue weighted by molar-refractivity contribution is 0.102. The highest BCUT2D eigenvalue weighted by Gasteiger charge is 2.16. The van der Waals surface area contributed by atoms with Gasteiger partial charge >= 0.3 is 6.09 Å². The summed E-state index contributed by atoms with van der Waals surface area (Å²) in [6, 6.07) is 16.4. The molecule has 0 aliphatic rings. The number of anilines is 2. The molecule has 0 spiro atoms. The first-order valence-corrected chi connectivity index (χ1v) is 8.96. The molecule has 3 rings (SSSR count). The lowest BCUT2D eigenvalue weighted by atomic mass is 10.1. The van der Waals surface area contributed by atoms with Crippen molar-refractivity contribution < 1.29 is 14.3 Å². The number of hydrogen-bond donors (Lipinski definition) is 2. The number of aryl methyl sites for hydroxylation is 1. The molecule has 7 heteroatoms. The van der Waals surface area contributed by atoms with Gasteiger partial charge in [0.2, 0.25) is 0 Å². The third-order valence-corrected chi connectivity index (χ3v) is 4.18. The van der Waals surface area contributed by atoms with Gasteiger partial charge in [-0.3, -0.25) is 10.1 Å². The number of carbonyl (C=O) groups excluding carboxylic acids is 2. The molecule has 2 N–H and O–H groups in total. The maximum atomic E-state index is 12.7. The van der Waals surface area contributed by atoms with E-state index in [-0.39, 0.29) is 12.5 Å². The predicted molar refractivity (Wildman–Crippen MR) is 108 cm³/mol. The standard InChI is InChI=1S/C21H22N4O3/c1-4-28-21(27)22-17-10-8-9-16(13-17)20(26)23-19-14(2)24-25(15(19)3)18-11-6-5-7-12-18/h5-13H,4H2,1-3H3,(H,22,27)(H,23,26). The van der Waals surface area contributed by atoms with Crippen LogP contribution in [0, 0.1) is 13.8 Å². The van der Waals surface area contributed by atoms with Crippen LogP contribution in [0.3, 0.4) is 0 Å². The van der Waals surface area contributed by atoms with E-state index in [1.807, 2.05) is 44.2 Å². The number of nitrogens with zero attached hydrogens (tertiary/aromatic N) is 2. The van der Waals surface area contributed by atoms with Crippen molar-refractivity contribution in [1.82, 2.24) is 9.78 Å². The summed E-state index contributed by atoms with van der Waals surface area (Å²) in [4.78, 5) is 24.3. The molecule has 3 aromatic rings. The molecule has 2 amide bonds. The molecule has 0 radical (unpaired) electrons. The number of amides is 2. The maximum Gasteiger partial charge on any atom is 0.411 e. The third-order valence-electron chi connectivity index (χ3n) is 4.18. The second kappa shape index (κ2) is 8.39. The molecule has 28 heavy (non-hydrogen) atoms. The Hall–Kier alpha value is -3.61. The molecule has 2 aromatic carbocycles. The number of aromatic nitrogens is 2. The van der Waals surface area contributed by atoms with Gasteiger partial charge in [0.25, 0.3) is 5.91 Å². The Balaban J connectivity index is 1.80. The first-order valence-electron chi connectivity index (χ1n) is 8.96. The van der Waals surface area contributed by atoms with Crippen LogP contribution in [0.25, 0.3) is 5.69 Å². The van der Waals surface area contributed by atoms with Crippen molar-refractivity contribution in [3.05, 3.63) is 71.5 Å². The van der Waals surface area contributed by atoms with E-state index in [0.29, 0.717) is 16.9 Å². The minimum Gasteiger partial charge on any atom is -0.450 e. The molecule has 0 aliphatic carbocycles. The largest absolute Gasteiger partial charge is 0.450 e. The van der Waals surface area contributed by atoms with Crippen LogP contribution in [0.5, 0.6) is 0 Å². The molecule has 0 bridgehead atoms. The smallest absolute Gasteiger partial charge is 0.411 e.